The van der Waals surface area contributed by atoms with Gasteiger partial charge >= 0.3 is 0 Å². The molecule has 3 aromatic rings. The average molecular weight is 463 g/mol. The molecule has 176 valence electrons. The third-order valence-electron chi connectivity index (χ3n) is 5.74. The van der Waals surface area contributed by atoms with Gasteiger partial charge in [0, 0.05) is 23.6 Å². The van der Waals surface area contributed by atoms with Gasteiger partial charge in [-0.25, -0.2) is 9.99 Å². The summed E-state index contributed by atoms with van der Waals surface area (Å²) in [6.45, 7) is 2.25. The number of aromatic nitrogens is 1. The molecule has 0 radical (unpaired) electrons. The number of ether oxygens (including phenoxy) is 2. The van der Waals surface area contributed by atoms with Gasteiger partial charge in [-0.15, -0.1) is 0 Å². The third kappa shape index (κ3) is 4.78. The van der Waals surface area contributed by atoms with Crippen molar-refractivity contribution >= 4 is 23.2 Å². The maximum Gasteiger partial charge on any atom is 0.293 e. The topological polar surface area (TPSA) is 106 Å². The first-order valence-corrected chi connectivity index (χ1v) is 10.9. The highest BCUT2D eigenvalue weighted by Gasteiger charge is 2.30. The van der Waals surface area contributed by atoms with Crippen LogP contribution in [-0.2, 0) is 11.3 Å². The second-order valence-corrected chi connectivity index (χ2v) is 7.79. The molecule has 1 atom stereocenters. The van der Waals surface area contributed by atoms with Crippen molar-refractivity contribution in [1.82, 2.24) is 9.99 Å². The van der Waals surface area contributed by atoms with Crippen molar-refractivity contribution in [2.45, 2.75) is 26.3 Å². The van der Waals surface area contributed by atoms with Crippen molar-refractivity contribution in [2.24, 2.45) is 11.0 Å². The first kappa shape index (κ1) is 23.0. The van der Waals surface area contributed by atoms with E-state index in [1.54, 1.807) is 20.3 Å². The van der Waals surface area contributed by atoms with E-state index in [9.17, 15) is 9.59 Å². The van der Waals surface area contributed by atoms with Gasteiger partial charge in [0.15, 0.2) is 17.9 Å². The lowest BCUT2D eigenvalue weighted by atomic mass is 9.89. The maximum atomic E-state index is 13.0. The molecule has 0 spiro atoms. The van der Waals surface area contributed by atoms with Crippen LogP contribution in [0.15, 0.2) is 64.6 Å². The predicted molar refractivity (Wildman–Crippen MR) is 126 cm³/mol. The summed E-state index contributed by atoms with van der Waals surface area (Å²) in [5, 5.41) is 9.02. The molecule has 4 rings (SSSR count). The fraction of sp³-hybridized carbons (Fsp3) is 0.280. The summed E-state index contributed by atoms with van der Waals surface area (Å²) in [4.78, 5) is 29.2. The molecule has 2 heterocycles. The molecule has 0 saturated heterocycles. The molecule has 0 fully saturated rings. The number of rotatable bonds is 8. The normalized spacial score (nSPS) is 15.6. The quantitative estimate of drug-likeness (QED) is 0.540. The number of nitrogens with zero attached hydrogens (tertiary/aromatic N) is 3. The van der Waals surface area contributed by atoms with Crippen molar-refractivity contribution in [3.05, 3.63) is 71.9 Å². The molecule has 0 saturated carbocycles. The number of oxazole rings is 1. The van der Waals surface area contributed by atoms with Gasteiger partial charge < -0.3 is 19.2 Å². The second kappa shape index (κ2) is 10.2. The number of carbonyl (C=O) groups excluding carboxylic acids is 2. The zero-order chi connectivity index (χ0) is 24.1. The number of para-hydroxylation sites is 1. The molecule has 1 aliphatic rings. The minimum absolute atomic E-state index is 0.0109. The van der Waals surface area contributed by atoms with Gasteiger partial charge in [-0.1, -0.05) is 25.1 Å². The van der Waals surface area contributed by atoms with E-state index in [0.29, 0.717) is 23.6 Å². The first-order chi connectivity index (χ1) is 16.5. The molecular weight excluding hydrogens is 436 g/mol. The standard InChI is InChI=1S/C25H26N4O5/c1-4-16-12-23(30)29(28-24(16)17-9-10-20(32-2)21(11-17)33-3)14-18-7-5-6-8-19(18)27-25(31)22-13-26-15-34-22/h5-11,13,15-16H,4,12,14H2,1-3H3,(H,27,31). The van der Waals surface area contributed by atoms with Crippen LogP contribution in [0.2, 0.25) is 0 Å². The monoisotopic (exact) mass is 462 g/mol. The van der Waals surface area contributed by atoms with Gasteiger partial charge in [0.2, 0.25) is 11.7 Å². The van der Waals surface area contributed by atoms with E-state index >= 15 is 0 Å². The Balaban J connectivity index is 1.63. The Morgan fingerprint density at radius 1 is 1.18 bits per heavy atom. The molecule has 1 unspecified atom stereocenters. The number of anilines is 1. The summed E-state index contributed by atoms with van der Waals surface area (Å²) < 4.78 is 15.9. The van der Waals surface area contributed by atoms with Crippen LogP contribution in [0.3, 0.4) is 0 Å². The summed E-state index contributed by atoms with van der Waals surface area (Å²) >= 11 is 0. The third-order valence-corrected chi connectivity index (χ3v) is 5.74. The Bertz CT molecular complexity index is 1210. The molecule has 0 aliphatic carbocycles. The number of carbonyl (C=O) groups is 2. The molecule has 2 amide bonds. The lowest BCUT2D eigenvalue weighted by molar-refractivity contribution is -0.133. The molecule has 34 heavy (non-hydrogen) atoms. The maximum absolute atomic E-state index is 13.0. The summed E-state index contributed by atoms with van der Waals surface area (Å²) in [6.07, 6.45) is 3.66. The highest BCUT2D eigenvalue weighted by molar-refractivity contribution is 6.06. The smallest absolute Gasteiger partial charge is 0.293 e. The number of methoxy groups -OCH3 is 2. The fourth-order valence-corrected chi connectivity index (χ4v) is 3.88. The fourth-order valence-electron chi connectivity index (χ4n) is 3.88. The lowest BCUT2D eigenvalue weighted by Gasteiger charge is -2.30. The molecule has 1 N–H and O–H groups in total. The van der Waals surface area contributed by atoms with E-state index in [1.165, 1.54) is 17.6 Å². The van der Waals surface area contributed by atoms with E-state index in [2.05, 4.69) is 10.3 Å². The highest BCUT2D eigenvalue weighted by atomic mass is 16.5. The molecule has 0 bridgehead atoms. The zero-order valence-corrected chi connectivity index (χ0v) is 19.3. The van der Waals surface area contributed by atoms with Crippen molar-refractivity contribution in [1.29, 1.82) is 0 Å². The Labute approximate surface area is 197 Å². The minimum atomic E-state index is -0.421. The Hall–Kier alpha value is -4.14. The van der Waals surface area contributed by atoms with Crippen molar-refractivity contribution in [2.75, 3.05) is 19.5 Å². The molecule has 9 heteroatoms. The van der Waals surface area contributed by atoms with E-state index < -0.39 is 5.91 Å². The lowest BCUT2D eigenvalue weighted by Crippen LogP contribution is -2.37. The highest BCUT2D eigenvalue weighted by Crippen LogP contribution is 2.32. The number of hydrazone groups is 1. The summed E-state index contributed by atoms with van der Waals surface area (Å²) in [7, 11) is 3.17. The predicted octanol–water partition coefficient (Wildman–Crippen LogP) is 4.11. The average Bonchev–Trinajstić information content (AvgIpc) is 3.41. The molecular formula is C25H26N4O5. The van der Waals surface area contributed by atoms with Gasteiger partial charge in [0.05, 0.1) is 32.7 Å². The summed E-state index contributed by atoms with van der Waals surface area (Å²) in [5.74, 6) is 0.816. The number of nitrogens with one attached hydrogen (secondary N) is 1. The van der Waals surface area contributed by atoms with Crippen LogP contribution in [0.25, 0.3) is 0 Å². The number of hydrogen-bond acceptors (Lipinski definition) is 7. The first-order valence-electron chi connectivity index (χ1n) is 10.9. The Morgan fingerprint density at radius 2 is 1.97 bits per heavy atom. The minimum Gasteiger partial charge on any atom is -0.493 e. The molecule has 1 aliphatic heterocycles. The van der Waals surface area contributed by atoms with E-state index in [0.717, 1.165) is 23.3 Å². The van der Waals surface area contributed by atoms with Gasteiger partial charge in [-0.3, -0.25) is 9.59 Å². The van der Waals surface area contributed by atoms with Crippen LogP contribution in [-0.4, -0.2) is 41.7 Å². The van der Waals surface area contributed by atoms with Crippen LogP contribution < -0.4 is 14.8 Å². The number of benzene rings is 2. The Kier molecular flexibility index (Phi) is 6.91. The number of hydrogen-bond donors (Lipinski definition) is 1. The van der Waals surface area contributed by atoms with E-state index in [4.69, 9.17) is 19.0 Å². The summed E-state index contributed by atoms with van der Waals surface area (Å²) in [6, 6.07) is 12.9. The van der Waals surface area contributed by atoms with Gasteiger partial charge in [0.25, 0.3) is 5.91 Å². The van der Waals surface area contributed by atoms with Crippen molar-refractivity contribution < 1.29 is 23.5 Å². The van der Waals surface area contributed by atoms with Crippen LogP contribution in [0.1, 0.15) is 41.4 Å². The van der Waals surface area contributed by atoms with Gasteiger partial charge in [-0.05, 0) is 36.2 Å². The van der Waals surface area contributed by atoms with Crippen LogP contribution >= 0.6 is 0 Å². The van der Waals surface area contributed by atoms with E-state index in [1.807, 2.05) is 43.3 Å². The molecule has 9 nitrogen and oxygen atoms in total. The molecule has 1 aromatic heterocycles. The van der Waals surface area contributed by atoms with Crippen molar-refractivity contribution in [3.63, 3.8) is 0 Å². The van der Waals surface area contributed by atoms with Crippen LogP contribution in [0.5, 0.6) is 11.5 Å². The largest absolute Gasteiger partial charge is 0.493 e. The number of amides is 2. The SMILES string of the molecule is CCC1CC(=O)N(Cc2ccccc2NC(=O)c2cnco2)N=C1c1ccc(OC)c(OC)c1. The van der Waals surface area contributed by atoms with Gasteiger partial charge in [0.1, 0.15) is 0 Å². The molecule has 2 aromatic carbocycles. The van der Waals surface area contributed by atoms with Crippen LogP contribution in [0.4, 0.5) is 5.69 Å². The zero-order valence-electron chi connectivity index (χ0n) is 19.3. The Morgan fingerprint density at radius 3 is 2.68 bits per heavy atom. The summed E-state index contributed by atoms with van der Waals surface area (Å²) in [5.41, 5.74) is 2.99. The van der Waals surface area contributed by atoms with Crippen LogP contribution in [0, 0.1) is 5.92 Å². The van der Waals surface area contributed by atoms with E-state index in [-0.39, 0.29) is 24.1 Å². The van der Waals surface area contributed by atoms with Crippen molar-refractivity contribution in [3.8, 4) is 11.5 Å². The second-order valence-electron chi connectivity index (χ2n) is 7.79. The van der Waals surface area contributed by atoms with Gasteiger partial charge in [-0.2, -0.15) is 5.10 Å².